The quantitative estimate of drug-likeness (QED) is 0.880. The van der Waals surface area contributed by atoms with E-state index >= 15 is 0 Å². The molecule has 7 heteroatoms. The van der Waals surface area contributed by atoms with Crippen LogP contribution in [0.1, 0.15) is 33.8 Å². The van der Waals surface area contributed by atoms with Crippen molar-refractivity contribution < 1.29 is 9.53 Å². The number of pyridine rings is 1. The van der Waals surface area contributed by atoms with E-state index in [1.54, 1.807) is 6.20 Å². The van der Waals surface area contributed by atoms with E-state index in [4.69, 9.17) is 4.74 Å². The van der Waals surface area contributed by atoms with Gasteiger partial charge in [-0.3, -0.25) is 4.79 Å². The maximum atomic E-state index is 12.3. The molecule has 1 amide bonds. The molecule has 2 aromatic heterocycles. The molecule has 3 rings (SSSR count). The van der Waals surface area contributed by atoms with Gasteiger partial charge in [0.25, 0.3) is 5.91 Å². The summed E-state index contributed by atoms with van der Waals surface area (Å²) in [4.78, 5) is 21.6. The smallest absolute Gasteiger partial charge is 0.263 e. The summed E-state index contributed by atoms with van der Waals surface area (Å²) in [5.41, 5.74) is 1.83. The standard InChI is InChI=1S/C16H20N4O2S/c1-10-5-6-17-13(8-10)20-16-19-11(2)14(23-16)15(21)18-9-12-4-3-7-22-12/h5-6,8,12H,3-4,7,9H2,1-2H3,(H,18,21)(H,17,19,20)/t12-/m1/s1. The Morgan fingerprint density at radius 2 is 2.35 bits per heavy atom. The number of hydrogen-bond acceptors (Lipinski definition) is 6. The molecule has 0 bridgehead atoms. The molecule has 0 spiro atoms. The first-order valence-electron chi connectivity index (χ1n) is 7.69. The minimum Gasteiger partial charge on any atom is -0.376 e. The van der Waals surface area contributed by atoms with Gasteiger partial charge < -0.3 is 15.4 Å². The molecule has 1 aliphatic rings. The van der Waals surface area contributed by atoms with E-state index in [0.717, 1.165) is 36.5 Å². The fraction of sp³-hybridized carbons (Fsp3) is 0.438. The summed E-state index contributed by atoms with van der Waals surface area (Å²) in [6.07, 6.45) is 3.96. The van der Waals surface area contributed by atoms with E-state index in [0.29, 0.717) is 16.6 Å². The van der Waals surface area contributed by atoms with Gasteiger partial charge in [0, 0.05) is 19.3 Å². The van der Waals surface area contributed by atoms with Crippen molar-refractivity contribution in [3.8, 4) is 0 Å². The average molecular weight is 332 g/mol. The Morgan fingerprint density at radius 1 is 1.48 bits per heavy atom. The largest absolute Gasteiger partial charge is 0.376 e. The fourth-order valence-corrected chi connectivity index (χ4v) is 3.36. The van der Waals surface area contributed by atoms with Crippen molar-refractivity contribution in [3.05, 3.63) is 34.5 Å². The summed E-state index contributed by atoms with van der Waals surface area (Å²) in [7, 11) is 0. The molecule has 0 unspecified atom stereocenters. The number of thiazole rings is 1. The molecular formula is C16H20N4O2S. The lowest BCUT2D eigenvalue weighted by Crippen LogP contribution is -2.31. The number of nitrogens with one attached hydrogen (secondary N) is 2. The highest BCUT2D eigenvalue weighted by Gasteiger charge is 2.19. The third-order valence-corrected chi connectivity index (χ3v) is 4.74. The predicted octanol–water partition coefficient (Wildman–Crippen LogP) is 2.81. The fourth-order valence-electron chi connectivity index (χ4n) is 2.47. The molecule has 122 valence electrons. The third-order valence-electron chi connectivity index (χ3n) is 3.67. The Balaban J connectivity index is 1.64. The summed E-state index contributed by atoms with van der Waals surface area (Å²) >= 11 is 1.34. The number of aryl methyl sites for hydroxylation is 2. The van der Waals surface area contributed by atoms with E-state index in [2.05, 4.69) is 20.6 Å². The van der Waals surface area contributed by atoms with Crippen molar-refractivity contribution in [2.75, 3.05) is 18.5 Å². The first kappa shape index (κ1) is 15.9. The molecule has 1 atom stereocenters. The van der Waals surface area contributed by atoms with Gasteiger partial charge in [-0.15, -0.1) is 0 Å². The number of rotatable bonds is 5. The van der Waals surface area contributed by atoms with Crippen LogP contribution in [0.15, 0.2) is 18.3 Å². The third kappa shape index (κ3) is 4.05. The number of ether oxygens (including phenoxy) is 1. The Labute approximate surface area is 139 Å². The summed E-state index contributed by atoms with van der Waals surface area (Å²) < 4.78 is 5.52. The zero-order valence-electron chi connectivity index (χ0n) is 13.3. The van der Waals surface area contributed by atoms with Crippen LogP contribution in [0.2, 0.25) is 0 Å². The molecule has 6 nitrogen and oxygen atoms in total. The number of carbonyl (C=O) groups is 1. The molecule has 1 aliphatic heterocycles. The minimum absolute atomic E-state index is 0.0965. The first-order valence-corrected chi connectivity index (χ1v) is 8.50. The molecule has 1 fully saturated rings. The van der Waals surface area contributed by atoms with Gasteiger partial charge in [-0.1, -0.05) is 11.3 Å². The molecule has 2 N–H and O–H groups in total. The lowest BCUT2D eigenvalue weighted by atomic mass is 10.2. The van der Waals surface area contributed by atoms with Crippen LogP contribution in [0.4, 0.5) is 10.9 Å². The van der Waals surface area contributed by atoms with E-state index in [1.165, 1.54) is 11.3 Å². The van der Waals surface area contributed by atoms with E-state index in [9.17, 15) is 4.79 Å². The van der Waals surface area contributed by atoms with Crippen molar-refractivity contribution >= 4 is 28.2 Å². The first-order chi connectivity index (χ1) is 11.1. The van der Waals surface area contributed by atoms with Gasteiger partial charge >= 0.3 is 0 Å². The molecule has 0 radical (unpaired) electrons. The van der Waals surface area contributed by atoms with Crippen LogP contribution in [-0.4, -0.2) is 35.1 Å². The highest BCUT2D eigenvalue weighted by molar-refractivity contribution is 7.17. The summed E-state index contributed by atoms with van der Waals surface area (Å²) in [5.74, 6) is 0.630. The van der Waals surface area contributed by atoms with Crippen LogP contribution >= 0.6 is 11.3 Å². The maximum absolute atomic E-state index is 12.3. The molecule has 0 saturated carbocycles. The number of amides is 1. The van der Waals surface area contributed by atoms with Crippen molar-refractivity contribution in [2.24, 2.45) is 0 Å². The van der Waals surface area contributed by atoms with Crippen molar-refractivity contribution in [3.63, 3.8) is 0 Å². The predicted molar refractivity (Wildman–Crippen MR) is 90.4 cm³/mol. The van der Waals surface area contributed by atoms with Gasteiger partial charge in [-0.05, 0) is 44.4 Å². The Hall–Kier alpha value is -1.99. The van der Waals surface area contributed by atoms with Crippen LogP contribution in [0.25, 0.3) is 0 Å². The highest BCUT2D eigenvalue weighted by atomic mass is 32.1. The van der Waals surface area contributed by atoms with Crippen LogP contribution in [-0.2, 0) is 4.74 Å². The second-order valence-corrected chi connectivity index (χ2v) is 6.62. The molecule has 2 aromatic rings. The molecule has 23 heavy (non-hydrogen) atoms. The van der Waals surface area contributed by atoms with Crippen molar-refractivity contribution in [1.82, 2.24) is 15.3 Å². The van der Waals surface area contributed by atoms with Crippen molar-refractivity contribution in [1.29, 1.82) is 0 Å². The van der Waals surface area contributed by atoms with Crippen LogP contribution in [0.5, 0.6) is 0 Å². The lowest BCUT2D eigenvalue weighted by Gasteiger charge is -2.09. The van der Waals surface area contributed by atoms with Crippen LogP contribution < -0.4 is 10.6 Å². The Morgan fingerprint density at radius 3 is 3.09 bits per heavy atom. The highest BCUT2D eigenvalue weighted by Crippen LogP contribution is 2.25. The topological polar surface area (TPSA) is 76.1 Å². The van der Waals surface area contributed by atoms with Gasteiger partial charge in [0.05, 0.1) is 11.8 Å². The van der Waals surface area contributed by atoms with E-state index in [1.807, 2.05) is 26.0 Å². The Bertz CT molecular complexity index is 695. The van der Waals surface area contributed by atoms with Gasteiger partial charge in [-0.2, -0.15) is 0 Å². The molecule has 3 heterocycles. The number of carbonyl (C=O) groups excluding carboxylic acids is 1. The van der Waals surface area contributed by atoms with Gasteiger partial charge in [0.2, 0.25) is 0 Å². The monoisotopic (exact) mass is 332 g/mol. The summed E-state index contributed by atoms with van der Waals surface area (Å²) in [6.45, 7) is 5.19. The van der Waals surface area contributed by atoms with Crippen LogP contribution in [0, 0.1) is 13.8 Å². The Kier molecular flexibility index (Phi) is 4.88. The normalized spacial score (nSPS) is 17.2. The summed E-state index contributed by atoms with van der Waals surface area (Å²) in [5, 5.41) is 6.75. The average Bonchev–Trinajstić information content (AvgIpc) is 3.14. The van der Waals surface area contributed by atoms with Gasteiger partial charge in [-0.25, -0.2) is 9.97 Å². The van der Waals surface area contributed by atoms with Crippen LogP contribution in [0.3, 0.4) is 0 Å². The van der Waals surface area contributed by atoms with Crippen molar-refractivity contribution in [2.45, 2.75) is 32.8 Å². The zero-order chi connectivity index (χ0) is 16.2. The molecular weight excluding hydrogens is 312 g/mol. The van der Waals surface area contributed by atoms with E-state index < -0.39 is 0 Å². The molecule has 0 aliphatic carbocycles. The number of nitrogens with zero attached hydrogens (tertiary/aromatic N) is 2. The second-order valence-electron chi connectivity index (χ2n) is 5.62. The SMILES string of the molecule is Cc1ccnc(Nc2nc(C)c(C(=O)NC[C@H]3CCCO3)s2)c1. The summed E-state index contributed by atoms with van der Waals surface area (Å²) in [6, 6.07) is 3.87. The van der Waals surface area contributed by atoms with Gasteiger partial charge in [0.15, 0.2) is 5.13 Å². The second kappa shape index (κ2) is 7.06. The number of aromatic nitrogens is 2. The molecule has 0 aromatic carbocycles. The number of hydrogen-bond donors (Lipinski definition) is 2. The lowest BCUT2D eigenvalue weighted by molar-refractivity contribution is 0.0860. The van der Waals surface area contributed by atoms with Gasteiger partial charge in [0.1, 0.15) is 10.7 Å². The molecule has 1 saturated heterocycles. The van der Waals surface area contributed by atoms with E-state index in [-0.39, 0.29) is 12.0 Å². The zero-order valence-corrected chi connectivity index (χ0v) is 14.1. The minimum atomic E-state index is -0.0965. The maximum Gasteiger partial charge on any atom is 0.263 e. The number of anilines is 2.